The summed E-state index contributed by atoms with van der Waals surface area (Å²) in [5.74, 6) is -1.29. The van der Waals surface area contributed by atoms with Gasteiger partial charge in [0.2, 0.25) is 5.91 Å². The molecule has 2 aromatic carbocycles. The van der Waals surface area contributed by atoms with Gasteiger partial charge in [0.15, 0.2) is 6.61 Å². The van der Waals surface area contributed by atoms with Crippen molar-refractivity contribution in [2.24, 2.45) is 0 Å². The monoisotopic (exact) mass is 429 g/mol. The molecule has 7 nitrogen and oxygen atoms in total. The van der Waals surface area contributed by atoms with Gasteiger partial charge in [-0.1, -0.05) is 30.3 Å². The molecule has 2 amide bonds. The fourth-order valence-corrected chi connectivity index (χ4v) is 4.61. The second-order valence-corrected chi connectivity index (χ2v) is 8.62. The third-order valence-corrected chi connectivity index (χ3v) is 6.21. The van der Waals surface area contributed by atoms with Gasteiger partial charge >= 0.3 is 5.97 Å². The molecule has 0 unspecified atom stereocenters. The molecule has 2 heterocycles. The quantitative estimate of drug-likeness (QED) is 0.642. The maximum atomic E-state index is 13.2. The summed E-state index contributed by atoms with van der Waals surface area (Å²) in [6.07, 6.45) is 2.53. The number of ether oxygens (including phenoxy) is 1. The Balaban J connectivity index is 1.44. The molecule has 0 spiro atoms. The van der Waals surface area contributed by atoms with Crippen LogP contribution in [0.4, 0.5) is 11.4 Å². The Hall–Kier alpha value is -3.74. The van der Waals surface area contributed by atoms with E-state index in [0.29, 0.717) is 16.9 Å². The van der Waals surface area contributed by atoms with Crippen LogP contribution in [0.5, 0.6) is 0 Å². The maximum Gasteiger partial charge on any atom is 0.339 e. The lowest BCUT2D eigenvalue weighted by Gasteiger charge is -2.41. The van der Waals surface area contributed by atoms with Gasteiger partial charge in [-0.2, -0.15) is 0 Å². The zero-order chi connectivity index (χ0) is 22.5. The van der Waals surface area contributed by atoms with Crippen LogP contribution >= 0.6 is 0 Å². The number of hydrogen-bond donors (Lipinski definition) is 1. The van der Waals surface area contributed by atoms with Crippen molar-refractivity contribution >= 4 is 40.1 Å². The van der Waals surface area contributed by atoms with Crippen molar-refractivity contribution in [3.63, 3.8) is 0 Å². The molecular formula is C25H23N3O4. The number of nitrogens with zero attached hydrogens (tertiary/aromatic N) is 2. The zero-order valence-electron chi connectivity index (χ0n) is 18.0. The normalized spacial score (nSPS) is 16.3. The molecule has 5 rings (SSSR count). The highest BCUT2D eigenvalue weighted by atomic mass is 16.5. The Labute approximate surface area is 185 Å². The number of fused-ring (bicyclic) bond motifs is 3. The van der Waals surface area contributed by atoms with Crippen LogP contribution in [0, 0.1) is 0 Å². The summed E-state index contributed by atoms with van der Waals surface area (Å²) in [7, 11) is 0. The summed E-state index contributed by atoms with van der Waals surface area (Å²) < 4.78 is 5.53. The topological polar surface area (TPSA) is 88.6 Å². The Morgan fingerprint density at radius 1 is 1.09 bits per heavy atom. The first-order chi connectivity index (χ1) is 15.4. The second kappa shape index (κ2) is 7.44. The Morgan fingerprint density at radius 2 is 1.84 bits per heavy atom. The summed E-state index contributed by atoms with van der Waals surface area (Å²) in [5, 5.41) is 3.56. The number of carbonyl (C=O) groups excluding carboxylic acids is 3. The Bertz CT molecular complexity index is 1280. The molecule has 2 aliphatic rings. The lowest BCUT2D eigenvalue weighted by molar-refractivity contribution is -0.128. The molecule has 0 atom stereocenters. The van der Waals surface area contributed by atoms with Crippen LogP contribution in [0.2, 0.25) is 0 Å². The minimum Gasteiger partial charge on any atom is -0.452 e. The lowest BCUT2D eigenvalue weighted by atomic mass is 9.96. The lowest BCUT2D eigenvalue weighted by Crippen LogP contribution is -2.59. The van der Waals surface area contributed by atoms with Crippen LogP contribution in [-0.2, 0) is 27.2 Å². The van der Waals surface area contributed by atoms with Gasteiger partial charge in [-0.05, 0) is 56.9 Å². The first-order valence-corrected chi connectivity index (χ1v) is 10.7. The molecule has 0 fully saturated rings. The number of para-hydroxylation sites is 3. The number of benzene rings is 2. The minimum absolute atomic E-state index is 0.297. The number of rotatable bonds is 3. The van der Waals surface area contributed by atoms with E-state index in [2.05, 4.69) is 5.32 Å². The fourth-order valence-electron chi connectivity index (χ4n) is 4.61. The molecule has 32 heavy (non-hydrogen) atoms. The van der Waals surface area contributed by atoms with Crippen LogP contribution < -0.4 is 10.2 Å². The Kier molecular flexibility index (Phi) is 4.69. The van der Waals surface area contributed by atoms with Crippen LogP contribution in [0.3, 0.4) is 0 Å². The van der Waals surface area contributed by atoms with Crippen LogP contribution in [-0.4, -0.2) is 34.9 Å². The zero-order valence-corrected chi connectivity index (χ0v) is 18.0. The molecule has 1 aromatic heterocycles. The van der Waals surface area contributed by atoms with Crippen molar-refractivity contribution in [1.29, 1.82) is 0 Å². The predicted molar refractivity (Wildman–Crippen MR) is 121 cm³/mol. The molecule has 7 heteroatoms. The number of hydrogen-bond acceptors (Lipinski definition) is 5. The third kappa shape index (κ3) is 3.12. The number of anilines is 2. The van der Waals surface area contributed by atoms with E-state index in [1.807, 2.05) is 24.3 Å². The molecule has 0 bridgehead atoms. The first kappa shape index (κ1) is 20.2. The van der Waals surface area contributed by atoms with Crippen molar-refractivity contribution in [2.45, 2.75) is 38.6 Å². The van der Waals surface area contributed by atoms with Crippen molar-refractivity contribution in [3.8, 4) is 0 Å². The highest BCUT2D eigenvalue weighted by molar-refractivity contribution is 6.15. The number of aryl methyl sites for hydroxylation is 1. The van der Waals surface area contributed by atoms with Crippen molar-refractivity contribution in [2.75, 3.05) is 16.8 Å². The number of pyridine rings is 1. The van der Waals surface area contributed by atoms with Crippen molar-refractivity contribution in [3.05, 3.63) is 65.4 Å². The fraction of sp³-hybridized carbons (Fsp3) is 0.280. The van der Waals surface area contributed by atoms with E-state index < -0.39 is 24.0 Å². The largest absolute Gasteiger partial charge is 0.452 e. The average molecular weight is 429 g/mol. The summed E-state index contributed by atoms with van der Waals surface area (Å²) in [6.45, 7) is 2.87. The van der Waals surface area contributed by atoms with Gasteiger partial charge in [0.25, 0.3) is 5.91 Å². The minimum atomic E-state index is -1.12. The van der Waals surface area contributed by atoms with Gasteiger partial charge < -0.3 is 10.1 Å². The molecule has 1 aliphatic heterocycles. The van der Waals surface area contributed by atoms with E-state index in [-0.39, 0.29) is 5.91 Å². The number of amides is 2. The van der Waals surface area contributed by atoms with E-state index in [1.165, 1.54) is 4.90 Å². The van der Waals surface area contributed by atoms with Gasteiger partial charge in [-0.3, -0.25) is 19.5 Å². The van der Waals surface area contributed by atoms with Crippen LogP contribution in [0.15, 0.2) is 48.5 Å². The molecule has 162 valence electrons. The standard InChI is InChI=1S/C25H23N3O4/c1-25(2)24(31)27-19-11-5-6-13-20(19)28(25)21(29)14-32-23(30)22-15-8-3-4-10-17(15)26-18-12-7-9-16(18)22/h3-6,8,10-11,13H,7,9,12,14H2,1-2H3,(H,27,31). The van der Waals surface area contributed by atoms with Gasteiger partial charge in [0, 0.05) is 11.1 Å². The number of esters is 1. The molecule has 1 aliphatic carbocycles. The van der Waals surface area contributed by atoms with E-state index >= 15 is 0 Å². The molecule has 3 aromatic rings. The summed E-state index contributed by atoms with van der Waals surface area (Å²) in [4.78, 5) is 45.1. The molecule has 0 radical (unpaired) electrons. The predicted octanol–water partition coefficient (Wildman–Crippen LogP) is 3.64. The van der Waals surface area contributed by atoms with Crippen molar-refractivity contribution in [1.82, 2.24) is 4.98 Å². The number of carbonyl (C=O) groups is 3. The molecular weight excluding hydrogens is 406 g/mol. The van der Waals surface area contributed by atoms with Gasteiger partial charge in [0.05, 0.1) is 22.5 Å². The second-order valence-electron chi connectivity index (χ2n) is 8.62. The summed E-state index contributed by atoms with van der Waals surface area (Å²) in [6, 6.07) is 14.6. The highest BCUT2D eigenvalue weighted by Gasteiger charge is 2.43. The van der Waals surface area contributed by atoms with Crippen LogP contribution in [0.1, 0.15) is 41.9 Å². The van der Waals surface area contributed by atoms with E-state index in [1.54, 1.807) is 38.1 Å². The van der Waals surface area contributed by atoms with Gasteiger partial charge in [-0.15, -0.1) is 0 Å². The van der Waals surface area contributed by atoms with Crippen molar-refractivity contribution < 1.29 is 19.1 Å². The number of aromatic nitrogens is 1. The summed E-state index contributed by atoms with van der Waals surface area (Å²) >= 11 is 0. The van der Waals surface area contributed by atoms with E-state index in [0.717, 1.165) is 41.4 Å². The third-order valence-electron chi connectivity index (χ3n) is 6.21. The smallest absolute Gasteiger partial charge is 0.339 e. The van der Waals surface area contributed by atoms with Gasteiger partial charge in [0.1, 0.15) is 5.54 Å². The van der Waals surface area contributed by atoms with Gasteiger partial charge in [-0.25, -0.2) is 4.79 Å². The molecule has 0 saturated carbocycles. The molecule has 1 N–H and O–H groups in total. The SMILES string of the molecule is CC1(C)C(=O)Nc2ccccc2N1C(=O)COC(=O)c1c2c(nc3ccccc13)CCC2. The van der Waals surface area contributed by atoms with E-state index in [9.17, 15) is 14.4 Å². The average Bonchev–Trinajstić information content (AvgIpc) is 3.24. The molecule has 0 saturated heterocycles. The number of nitrogens with one attached hydrogen (secondary N) is 1. The van der Waals surface area contributed by atoms with Crippen LogP contribution in [0.25, 0.3) is 10.9 Å². The Morgan fingerprint density at radius 3 is 2.69 bits per heavy atom. The first-order valence-electron chi connectivity index (χ1n) is 10.7. The maximum absolute atomic E-state index is 13.2. The summed E-state index contributed by atoms with van der Waals surface area (Å²) in [5.41, 5.74) is 3.07. The highest BCUT2D eigenvalue weighted by Crippen LogP contribution is 2.37. The van der Waals surface area contributed by atoms with E-state index in [4.69, 9.17) is 9.72 Å².